The molecule has 0 radical (unpaired) electrons. The molecule has 4 rings (SSSR count). The van der Waals surface area contributed by atoms with E-state index in [1.54, 1.807) is 0 Å². The van der Waals surface area contributed by atoms with Crippen LogP contribution in [0, 0.1) is 0 Å². The highest BCUT2D eigenvalue weighted by Crippen LogP contribution is 2.22. The number of tetrazole rings is 1. The van der Waals surface area contributed by atoms with Gasteiger partial charge in [0.1, 0.15) is 0 Å². The summed E-state index contributed by atoms with van der Waals surface area (Å²) in [6.07, 6.45) is -0.370. The van der Waals surface area contributed by atoms with E-state index < -0.39 is 16.0 Å². The SMILES string of the molecule is C[C@@H]1CN(S(=O)(=O)c2ccc(C(=O)OCc3nnnn3-c3ccccc3)cc2)C[C@@H](C)O1. The normalized spacial score (nSPS) is 19.6. The Morgan fingerprint density at radius 1 is 1.06 bits per heavy atom. The molecule has 32 heavy (non-hydrogen) atoms. The second kappa shape index (κ2) is 9.15. The van der Waals surface area contributed by atoms with Gasteiger partial charge in [-0.1, -0.05) is 18.2 Å². The van der Waals surface area contributed by atoms with Gasteiger partial charge in [0.25, 0.3) is 0 Å². The van der Waals surface area contributed by atoms with Gasteiger partial charge in [0.05, 0.1) is 28.4 Å². The third-order valence-electron chi connectivity index (χ3n) is 4.98. The predicted molar refractivity (Wildman–Crippen MR) is 113 cm³/mol. The minimum Gasteiger partial charge on any atom is -0.454 e. The van der Waals surface area contributed by atoms with Gasteiger partial charge in [-0.3, -0.25) is 0 Å². The van der Waals surface area contributed by atoms with E-state index in [1.165, 1.54) is 33.3 Å². The molecular weight excluding hydrogens is 434 g/mol. The van der Waals surface area contributed by atoms with Crippen LogP contribution in [0.2, 0.25) is 0 Å². The Kier molecular flexibility index (Phi) is 6.31. The van der Waals surface area contributed by atoms with Crippen molar-refractivity contribution >= 4 is 16.0 Å². The molecule has 1 aliphatic heterocycles. The second-order valence-electron chi connectivity index (χ2n) is 7.52. The van der Waals surface area contributed by atoms with Crippen LogP contribution in [-0.2, 0) is 26.1 Å². The van der Waals surface area contributed by atoms with Crippen LogP contribution in [0.15, 0.2) is 59.5 Å². The van der Waals surface area contributed by atoms with Crippen LogP contribution in [-0.4, -0.2) is 64.2 Å². The molecule has 0 spiro atoms. The van der Waals surface area contributed by atoms with Gasteiger partial charge in [-0.15, -0.1) is 5.10 Å². The lowest BCUT2D eigenvalue weighted by atomic mass is 10.2. The second-order valence-corrected chi connectivity index (χ2v) is 9.46. The predicted octanol–water partition coefficient (Wildman–Crippen LogP) is 1.82. The summed E-state index contributed by atoms with van der Waals surface area (Å²) < 4.78 is 39.7. The summed E-state index contributed by atoms with van der Waals surface area (Å²) in [6, 6.07) is 14.9. The number of hydrogen-bond donors (Lipinski definition) is 0. The van der Waals surface area contributed by atoms with Crippen LogP contribution in [0.5, 0.6) is 0 Å². The van der Waals surface area contributed by atoms with Crippen molar-refractivity contribution in [3.8, 4) is 5.69 Å². The highest BCUT2D eigenvalue weighted by atomic mass is 32.2. The van der Waals surface area contributed by atoms with Gasteiger partial charge in [-0.2, -0.15) is 8.99 Å². The summed E-state index contributed by atoms with van der Waals surface area (Å²) >= 11 is 0. The summed E-state index contributed by atoms with van der Waals surface area (Å²) in [5.74, 6) is -0.246. The number of rotatable bonds is 6. The van der Waals surface area contributed by atoms with Gasteiger partial charge < -0.3 is 9.47 Å². The number of esters is 1. The maximum atomic E-state index is 12.9. The fourth-order valence-electron chi connectivity index (χ4n) is 3.52. The van der Waals surface area contributed by atoms with E-state index in [0.717, 1.165) is 5.69 Å². The molecule has 0 saturated carbocycles. The van der Waals surface area contributed by atoms with E-state index in [1.807, 2.05) is 44.2 Å². The lowest BCUT2D eigenvalue weighted by Crippen LogP contribution is -2.48. The fourth-order valence-corrected chi connectivity index (χ4v) is 5.11. The van der Waals surface area contributed by atoms with Gasteiger partial charge in [-0.05, 0) is 60.7 Å². The number of benzene rings is 2. The number of carbonyl (C=O) groups is 1. The topological polar surface area (TPSA) is 117 Å². The number of hydrogen-bond acceptors (Lipinski definition) is 8. The molecule has 1 saturated heterocycles. The van der Waals surface area contributed by atoms with E-state index in [-0.39, 0.29) is 42.4 Å². The Morgan fingerprint density at radius 3 is 2.38 bits per heavy atom. The Morgan fingerprint density at radius 2 is 1.72 bits per heavy atom. The zero-order valence-electron chi connectivity index (χ0n) is 17.7. The standard InChI is InChI=1S/C21H23N5O5S/c1-15-12-25(13-16(2)31-15)32(28,29)19-10-8-17(9-11-19)21(27)30-14-20-22-23-24-26(20)18-6-4-3-5-7-18/h3-11,15-16H,12-14H2,1-2H3/t15-,16-/m1/s1. The first kappa shape index (κ1) is 22.1. The molecule has 2 heterocycles. The molecule has 2 atom stereocenters. The number of nitrogens with zero attached hydrogens (tertiary/aromatic N) is 5. The minimum absolute atomic E-state index is 0.114. The van der Waals surface area contributed by atoms with Crippen molar-refractivity contribution in [2.45, 2.75) is 37.6 Å². The number of ether oxygens (including phenoxy) is 2. The monoisotopic (exact) mass is 457 g/mol. The third-order valence-corrected chi connectivity index (χ3v) is 6.83. The van der Waals surface area contributed by atoms with Crippen LogP contribution in [0.25, 0.3) is 5.69 Å². The van der Waals surface area contributed by atoms with Crippen LogP contribution >= 0.6 is 0 Å². The van der Waals surface area contributed by atoms with E-state index in [4.69, 9.17) is 9.47 Å². The molecule has 1 aliphatic rings. The molecule has 10 nitrogen and oxygen atoms in total. The van der Waals surface area contributed by atoms with Crippen molar-refractivity contribution in [3.05, 3.63) is 66.0 Å². The van der Waals surface area contributed by atoms with Gasteiger partial charge in [0.2, 0.25) is 10.0 Å². The number of sulfonamides is 1. The summed E-state index contributed by atoms with van der Waals surface area (Å²) in [7, 11) is -3.68. The third kappa shape index (κ3) is 4.69. The quantitative estimate of drug-likeness (QED) is 0.515. The van der Waals surface area contributed by atoms with Crippen molar-refractivity contribution in [3.63, 3.8) is 0 Å². The Hall–Kier alpha value is -3.15. The van der Waals surface area contributed by atoms with Crippen LogP contribution in [0.1, 0.15) is 30.0 Å². The number of morpholine rings is 1. The van der Waals surface area contributed by atoms with Crippen LogP contribution < -0.4 is 0 Å². The number of carbonyl (C=O) groups excluding carboxylic acids is 1. The zero-order valence-corrected chi connectivity index (χ0v) is 18.5. The van der Waals surface area contributed by atoms with Gasteiger partial charge in [0.15, 0.2) is 12.4 Å². The Labute approximate surface area is 185 Å². The molecule has 1 fully saturated rings. The van der Waals surface area contributed by atoms with Crippen molar-refractivity contribution in [2.75, 3.05) is 13.1 Å². The molecule has 0 unspecified atom stereocenters. The van der Waals surface area contributed by atoms with Crippen molar-refractivity contribution in [2.24, 2.45) is 0 Å². The van der Waals surface area contributed by atoms with E-state index in [0.29, 0.717) is 5.82 Å². The van der Waals surface area contributed by atoms with Crippen LogP contribution in [0.4, 0.5) is 0 Å². The fraction of sp³-hybridized carbons (Fsp3) is 0.333. The van der Waals surface area contributed by atoms with Crippen molar-refractivity contribution in [1.29, 1.82) is 0 Å². The van der Waals surface area contributed by atoms with Gasteiger partial charge in [-0.25, -0.2) is 13.2 Å². The largest absolute Gasteiger partial charge is 0.454 e. The minimum atomic E-state index is -3.68. The lowest BCUT2D eigenvalue weighted by Gasteiger charge is -2.34. The maximum absolute atomic E-state index is 12.9. The smallest absolute Gasteiger partial charge is 0.338 e. The van der Waals surface area contributed by atoms with Crippen LogP contribution in [0.3, 0.4) is 0 Å². The average molecular weight is 458 g/mol. The molecule has 168 valence electrons. The molecule has 0 N–H and O–H groups in total. The first-order chi connectivity index (χ1) is 15.3. The highest BCUT2D eigenvalue weighted by Gasteiger charge is 2.32. The summed E-state index contributed by atoms with van der Waals surface area (Å²) in [5, 5.41) is 11.4. The van der Waals surface area contributed by atoms with Crippen molar-refractivity contribution in [1.82, 2.24) is 24.5 Å². The molecular formula is C21H23N5O5S. The zero-order chi connectivity index (χ0) is 22.7. The Bertz CT molecular complexity index is 1170. The summed E-state index contributed by atoms with van der Waals surface area (Å²) in [6.45, 7) is 4.11. The summed E-state index contributed by atoms with van der Waals surface area (Å²) in [5.41, 5.74) is 0.969. The molecule has 3 aromatic rings. The molecule has 1 aromatic heterocycles. The van der Waals surface area contributed by atoms with Gasteiger partial charge >= 0.3 is 5.97 Å². The van der Waals surface area contributed by atoms with E-state index in [2.05, 4.69) is 15.5 Å². The summed E-state index contributed by atoms with van der Waals surface area (Å²) in [4.78, 5) is 12.6. The molecule has 0 aliphatic carbocycles. The first-order valence-electron chi connectivity index (χ1n) is 10.1. The highest BCUT2D eigenvalue weighted by molar-refractivity contribution is 7.89. The molecule has 0 bridgehead atoms. The molecule has 0 amide bonds. The Balaban J connectivity index is 1.43. The van der Waals surface area contributed by atoms with E-state index in [9.17, 15) is 13.2 Å². The molecule has 2 aromatic carbocycles. The lowest BCUT2D eigenvalue weighted by molar-refractivity contribution is -0.0440. The van der Waals surface area contributed by atoms with E-state index >= 15 is 0 Å². The first-order valence-corrected chi connectivity index (χ1v) is 11.5. The maximum Gasteiger partial charge on any atom is 0.338 e. The van der Waals surface area contributed by atoms with Gasteiger partial charge in [0, 0.05) is 13.1 Å². The number of para-hydroxylation sites is 1. The van der Waals surface area contributed by atoms with Crippen molar-refractivity contribution < 1.29 is 22.7 Å². The average Bonchev–Trinajstić information content (AvgIpc) is 3.26. The molecule has 11 heteroatoms. The number of aromatic nitrogens is 4.